The molecule has 4 aliphatic heterocycles. The fraction of sp³-hybridized carbons (Fsp3) is 0.538. The van der Waals surface area contributed by atoms with Gasteiger partial charge in [-0.05, 0) is 80.8 Å². The van der Waals surface area contributed by atoms with Gasteiger partial charge >= 0.3 is 12.1 Å². The highest BCUT2D eigenvalue weighted by atomic mass is 19.1. The molecule has 276 valence electrons. The summed E-state index contributed by atoms with van der Waals surface area (Å²) >= 11 is 0. The Balaban J connectivity index is 1.12. The zero-order chi connectivity index (χ0) is 36.0. The minimum Gasteiger partial charge on any atom is -0.461 e. The zero-order valence-corrected chi connectivity index (χ0v) is 29.9. The Morgan fingerprint density at radius 1 is 1.06 bits per heavy atom. The number of carbonyl (C=O) groups is 1. The number of morpholine rings is 1. The molecule has 0 bridgehead atoms. The zero-order valence-electron chi connectivity index (χ0n) is 29.9. The van der Waals surface area contributed by atoms with Gasteiger partial charge in [0.1, 0.15) is 36.1 Å². The number of piperidine rings is 1. The van der Waals surface area contributed by atoms with Crippen molar-refractivity contribution in [3.8, 4) is 17.3 Å². The van der Waals surface area contributed by atoms with E-state index in [0.29, 0.717) is 93.2 Å². The van der Waals surface area contributed by atoms with Crippen molar-refractivity contribution in [3.63, 3.8) is 0 Å². The van der Waals surface area contributed by atoms with E-state index in [0.717, 1.165) is 44.0 Å². The van der Waals surface area contributed by atoms with E-state index in [9.17, 15) is 9.90 Å². The lowest BCUT2D eigenvalue weighted by Crippen LogP contribution is -2.49. The molecule has 0 radical (unpaired) electrons. The molecule has 0 spiro atoms. The topological polar surface area (TPSA) is 113 Å². The van der Waals surface area contributed by atoms with Crippen molar-refractivity contribution in [1.82, 2.24) is 24.8 Å². The van der Waals surface area contributed by atoms with Gasteiger partial charge in [-0.1, -0.05) is 31.2 Å². The molecule has 2 aromatic heterocycles. The standard InChI is InChI=1S/C39H46F2N6O5/c1-3-27-30(40)10-9-25-7-4-8-28(31(25)27)33-32(41)34-29(21-42-33)35(46-15-5-12-38(2,49)23-46)44-36(43-34)52-24-39-13-6-16-47(39)26(11-14-39)22-51-37(48)45-17-19-50-20-18-45/h4,7-10,21,26,49H,3,5-6,11-20,22-24H2,1-2H3/t26-,38-,39-/m1/s1. The van der Waals surface area contributed by atoms with Gasteiger partial charge in [0.15, 0.2) is 5.82 Å². The van der Waals surface area contributed by atoms with E-state index in [1.54, 1.807) is 30.2 Å². The lowest BCUT2D eigenvalue weighted by Gasteiger charge is -2.38. The fourth-order valence-electron chi connectivity index (χ4n) is 8.88. The Bertz CT molecular complexity index is 1990. The van der Waals surface area contributed by atoms with Crippen LogP contribution in [-0.2, 0) is 15.9 Å². The van der Waals surface area contributed by atoms with Crippen LogP contribution in [0.4, 0.5) is 19.4 Å². The normalized spacial score (nSPS) is 25.2. The monoisotopic (exact) mass is 716 g/mol. The fourth-order valence-corrected chi connectivity index (χ4v) is 8.88. The predicted octanol–water partition coefficient (Wildman–Crippen LogP) is 5.88. The maximum Gasteiger partial charge on any atom is 0.409 e. The smallest absolute Gasteiger partial charge is 0.409 e. The maximum atomic E-state index is 17.0. The number of carbonyl (C=O) groups excluding carboxylic acids is 1. The van der Waals surface area contributed by atoms with Gasteiger partial charge < -0.3 is 29.1 Å². The van der Waals surface area contributed by atoms with E-state index in [1.807, 2.05) is 24.0 Å². The van der Waals surface area contributed by atoms with Crippen molar-refractivity contribution in [1.29, 1.82) is 0 Å². The highest BCUT2D eigenvalue weighted by Crippen LogP contribution is 2.43. The number of pyridine rings is 1. The summed E-state index contributed by atoms with van der Waals surface area (Å²) in [5, 5.41) is 12.8. The van der Waals surface area contributed by atoms with Gasteiger partial charge in [0.05, 0.1) is 29.7 Å². The summed E-state index contributed by atoms with van der Waals surface area (Å²) in [6.45, 7) is 8.19. The summed E-state index contributed by atoms with van der Waals surface area (Å²) in [4.78, 5) is 32.9. The molecular weight excluding hydrogens is 670 g/mol. The molecular formula is C39H46F2N6O5. The number of anilines is 1. The van der Waals surface area contributed by atoms with Gasteiger partial charge in [0.25, 0.3) is 0 Å². The third kappa shape index (κ3) is 6.40. The third-order valence-electron chi connectivity index (χ3n) is 11.5. The summed E-state index contributed by atoms with van der Waals surface area (Å²) in [5.41, 5.74) is -0.104. The number of halogens is 2. The molecule has 0 unspecified atom stereocenters. The number of aryl methyl sites for hydroxylation is 1. The average Bonchev–Trinajstić information content (AvgIpc) is 3.72. The number of aromatic nitrogens is 3. The van der Waals surface area contributed by atoms with Crippen LogP contribution in [0.25, 0.3) is 32.9 Å². The number of fused-ring (bicyclic) bond motifs is 3. The first-order chi connectivity index (χ1) is 25.2. The van der Waals surface area contributed by atoms with Gasteiger partial charge in [0.2, 0.25) is 0 Å². The van der Waals surface area contributed by atoms with Crippen molar-refractivity contribution < 1.29 is 32.9 Å². The van der Waals surface area contributed by atoms with E-state index >= 15 is 8.78 Å². The van der Waals surface area contributed by atoms with Gasteiger partial charge in [-0.25, -0.2) is 13.6 Å². The van der Waals surface area contributed by atoms with Crippen LogP contribution in [0.3, 0.4) is 0 Å². The quantitative estimate of drug-likeness (QED) is 0.237. The third-order valence-corrected chi connectivity index (χ3v) is 11.5. The molecule has 6 heterocycles. The second-order valence-corrected chi connectivity index (χ2v) is 15.0. The van der Waals surface area contributed by atoms with Crippen LogP contribution < -0.4 is 9.64 Å². The van der Waals surface area contributed by atoms with E-state index in [1.165, 1.54) is 6.07 Å². The molecule has 2 aromatic carbocycles. The predicted molar refractivity (Wildman–Crippen MR) is 193 cm³/mol. The van der Waals surface area contributed by atoms with E-state index < -0.39 is 11.4 Å². The van der Waals surface area contributed by atoms with Crippen molar-refractivity contribution in [2.45, 2.75) is 76.0 Å². The van der Waals surface area contributed by atoms with Gasteiger partial charge in [-0.15, -0.1) is 0 Å². The molecule has 4 aliphatic rings. The molecule has 4 aromatic rings. The molecule has 13 heteroatoms. The number of aliphatic hydroxyl groups is 1. The number of hydrogen-bond acceptors (Lipinski definition) is 10. The number of amides is 1. The molecule has 4 fully saturated rings. The van der Waals surface area contributed by atoms with Crippen LogP contribution in [0.2, 0.25) is 0 Å². The Hall–Kier alpha value is -4.20. The summed E-state index contributed by atoms with van der Waals surface area (Å²) in [6.07, 6.45) is 6.71. The van der Waals surface area contributed by atoms with E-state index in [2.05, 4.69) is 14.9 Å². The SMILES string of the molecule is CCc1c(F)ccc2cccc(-c3ncc4c(N5CCC[C@@](C)(O)C5)nc(OC[C@]56CCCN5[C@@H](COC(=O)N5CCOCC5)CC6)nc4c3F)c12. The minimum absolute atomic E-state index is 0.0467. The molecule has 1 amide bonds. The van der Waals surface area contributed by atoms with Crippen molar-refractivity contribution in [2.75, 3.05) is 64.1 Å². The number of hydrogen-bond donors (Lipinski definition) is 1. The Morgan fingerprint density at radius 2 is 1.88 bits per heavy atom. The Kier molecular flexibility index (Phi) is 9.37. The van der Waals surface area contributed by atoms with E-state index in [4.69, 9.17) is 19.2 Å². The minimum atomic E-state index is -0.945. The number of rotatable bonds is 8. The average molecular weight is 717 g/mol. The molecule has 11 nitrogen and oxygen atoms in total. The number of β-amino-alcohol motifs (C(OH)–C–C–N with tert-alkyl or cyclic N) is 1. The molecule has 0 aliphatic carbocycles. The van der Waals surface area contributed by atoms with E-state index in [-0.39, 0.29) is 40.7 Å². The second-order valence-electron chi connectivity index (χ2n) is 15.0. The van der Waals surface area contributed by atoms with Crippen molar-refractivity contribution >= 4 is 33.6 Å². The van der Waals surface area contributed by atoms with Gasteiger partial charge in [-0.2, -0.15) is 9.97 Å². The van der Waals surface area contributed by atoms with Crippen LogP contribution in [0.15, 0.2) is 36.5 Å². The first-order valence-corrected chi connectivity index (χ1v) is 18.6. The van der Waals surface area contributed by atoms with Crippen LogP contribution in [0.1, 0.15) is 57.9 Å². The summed E-state index contributed by atoms with van der Waals surface area (Å²) in [7, 11) is 0. The Morgan fingerprint density at radius 3 is 2.69 bits per heavy atom. The molecule has 52 heavy (non-hydrogen) atoms. The van der Waals surface area contributed by atoms with Crippen LogP contribution in [0.5, 0.6) is 6.01 Å². The van der Waals surface area contributed by atoms with Crippen molar-refractivity contribution in [3.05, 3.63) is 53.7 Å². The molecule has 8 rings (SSSR count). The lowest BCUT2D eigenvalue weighted by molar-refractivity contribution is 0.0138. The largest absolute Gasteiger partial charge is 0.461 e. The van der Waals surface area contributed by atoms with Gasteiger partial charge in [-0.3, -0.25) is 9.88 Å². The number of nitrogens with zero attached hydrogens (tertiary/aromatic N) is 6. The summed E-state index contributed by atoms with van der Waals surface area (Å²) < 4.78 is 49.6. The second kappa shape index (κ2) is 14.0. The number of benzene rings is 2. The molecule has 0 saturated carbocycles. The molecule has 4 saturated heterocycles. The Labute approximate surface area is 301 Å². The first kappa shape index (κ1) is 34.9. The summed E-state index contributed by atoms with van der Waals surface area (Å²) in [5.74, 6) is -0.528. The number of ether oxygens (including phenoxy) is 3. The van der Waals surface area contributed by atoms with Crippen LogP contribution in [0, 0.1) is 11.6 Å². The van der Waals surface area contributed by atoms with Crippen molar-refractivity contribution in [2.24, 2.45) is 0 Å². The molecule has 3 atom stereocenters. The summed E-state index contributed by atoms with van der Waals surface area (Å²) in [6, 6.07) is 8.74. The van der Waals surface area contributed by atoms with Crippen LogP contribution >= 0.6 is 0 Å². The van der Waals surface area contributed by atoms with Crippen LogP contribution in [-0.4, -0.2) is 112 Å². The highest BCUT2D eigenvalue weighted by molar-refractivity contribution is 6.00. The maximum absolute atomic E-state index is 17.0. The molecule has 1 N–H and O–H groups in total. The highest BCUT2D eigenvalue weighted by Gasteiger charge is 2.50. The first-order valence-electron chi connectivity index (χ1n) is 18.6. The van der Waals surface area contributed by atoms with Gasteiger partial charge in [0, 0.05) is 44.0 Å². The lowest BCUT2D eigenvalue weighted by atomic mass is 9.94.